The summed E-state index contributed by atoms with van der Waals surface area (Å²) < 4.78 is 20.1. The highest BCUT2D eigenvalue weighted by Gasteiger charge is 2.45. The molecule has 0 bridgehead atoms. The number of ether oxygens (including phenoxy) is 1. The third-order valence-electron chi connectivity index (χ3n) is 4.81. The predicted octanol–water partition coefficient (Wildman–Crippen LogP) is 4.06. The molecule has 1 aliphatic heterocycles. The zero-order valence-electron chi connectivity index (χ0n) is 11.9. The fourth-order valence-electron chi connectivity index (χ4n) is 3.83. The third kappa shape index (κ3) is 2.10. The molecule has 4 heteroatoms. The average Bonchev–Trinajstić information content (AvgIpc) is 2.89. The van der Waals surface area contributed by atoms with Crippen LogP contribution in [-0.4, -0.2) is 16.4 Å². The predicted molar refractivity (Wildman–Crippen MR) is 79.9 cm³/mol. The van der Waals surface area contributed by atoms with Gasteiger partial charge in [0.1, 0.15) is 29.5 Å². The van der Waals surface area contributed by atoms with Crippen LogP contribution in [0.4, 0.5) is 4.39 Å². The first-order valence-corrected chi connectivity index (χ1v) is 7.54. The Labute approximate surface area is 128 Å². The van der Waals surface area contributed by atoms with E-state index in [0.29, 0.717) is 18.6 Å². The number of fused-ring (bicyclic) bond motifs is 3. The van der Waals surface area contributed by atoms with E-state index >= 15 is 0 Å². The van der Waals surface area contributed by atoms with Crippen molar-refractivity contribution in [3.05, 3.63) is 53.6 Å². The van der Waals surface area contributed by atoms with E-state index in [2.05, 4.69) is 0 Å². The molecular weight excluding hydrogens is 283 g/mol. The summed E-state index contributed by atoms with van der Waals surface area (Å²) in [5, 5.41) is 19.2. The highest BCUT2D eigenvalue weighted by Crippen LogP contribution is 2.55. The smallest absolute Gasteiger partial charge is 0.127 e. The Kier molecular flexibility index (Phi) is 2.99. The van der Waals surface area contributed by atoms with Crippen LogP contribution in [0.1, 0.15) is 36.0 Å². The van der Waals surface area contributed by atoms with Crippen LogP contribution in [0.3, 0.4) is 0 Å². The molecule has 114 valence electrons. The molecule has 0 spiro atoms. The minimum absolute atomic E-state index is 0.0499. The Morgan fingerprint density at radius 1 is 0.955 bits per heavy atom. The molecule has 2 aromatic carbocycles. The van der Waals surface area contributed by atoms with Gasteiger partial charge in [-0.05, 0) is 54.7 Å². The maximum absolute atomic E-state index is 14.0. The van der Waals surface area contributed by atoms with Gasteiger partial charge in [-0.15, -0.1) is 0 Å². The molecule has 0 radical (unpaired) electrons. The molecule has 3 nitrogen and oxygen atoms in total. The molecule has 4 rings (SSSR count). The highest BCUT2D eigenvalue weighted by molar-refractivity contribution is 5.46. The van der Waals surface area contributed by atoms with Crippen LogP contribution in [0.25, 0.3) is 0 Å². The Bertz CT molecular complexity index is 698. The molecule has 2 aliphatic rings. The van der Waals surface area contributed by atoms with Gasteiger partial charge >= 0.3 is 0 Å². The van der Waals surface area contributed by atoms with Gasteiger partial charge in [0.2, 0.25) is 0 Å². The number of rotatable bonds is 1. The van der Waals surface area contributed by atoms with E-state index in [0.717, 1.165) is 11.1 Å². The summed E-state index contributed by atoms with van der Waals surface area (Å²) in [7, 11) is 0. The standard InChI is InChI=1S/C18H17FO3/c19-11-7-14-15-9-13(21)5-6-17(15)22-18(16(14)8-11)10-1-3-12(20)4-2-10/h1-6,9,11,14,16,18,20-21H,7-8H2/t11?,14-,16-,18-/m0/s1. The Balaban J connectivity index is 1.78. The molecule has 1 unspecified atom stereocenters. The van der Waals surface area contributed by atoms with Crippen LogP contribution < -0.4 is 4.74 Å². The lowest BCUT2D eigenvalue weighted by Crippen LogP contribution is -2.26. The summed E-state index contributed by atoms with van der Waals surface area (Å²) in [6, 6.07) is 11.9. The maximum Gasteiger partial charge on any atom is 0.127 e. The van der Waals surface area contributed by atoms with E-state index in [9.17, 15) is 14.6 Å². The van der Waals surface area contributed by atoms with Gasteiger partial charge in [0.05, 0.1) is 0 Å². The largest absolute Gasteiger partial charge is 0.508 e. The van der Waals surface area contributed by atoms with Crippen molar-refractivity contribution < 1.29 is 19.3 Å². The molecular formula is C18H17FO3. The van der Waals surface area contributed by atoms with E-state index in [-0.39, 0.29) is 29.4 Å². The summed E-state index contributed by atoms with van der Waals surface area (Å²) >= 11 is 0. The van der Waals surface area contributed by atoms with Crippen molar-refractivity contribution in [3.8, 4) is 17.2 Å². The zero-order chi connectivity index (χ0) is 15.3. The lowest BCUT2D eigenvalue weighted by molar-refractivity contribution is 0.102. The number of aromatic hydroxyl groups is 2. The van der Waals surface area contributed by atoms with E-state index in [1.54, 1.807) is 30.3 Å². The number of phenolic OH excluding ortho intramolecular Hbond substituents is 2. The second kappa shape index (κ2) is 4.90. The van der Waals surface area contributed by atoms with Gasteiger partial charge in [-0.1, -0.05) is 12.1 Å². The van der Waals surface area contributed by atoms with Crippen LogP contribution >= 0.6 is 0 Å². The SMILES string of the molecule is Oc1ccc([C@@H]2Oc3ccc(O)cc3[C@@H]3CC(F)C[C@@H]32)cc1. The summed E-state index contributed by atoms with van der Waals surface area (Å²) in [4.78, 5) is 0. The molecule has 0 amide bonds. The van der Waals surface area contributed by atoms with Gasteiger partial charge < -0.3 is 14.9 Å². The van der Waals surface area contributed by atoms with E-state index in [1.807, 2.05) is 12.1 Å². The molecule has 1 fully saturated rings. The molecule has 0 saturated heterocycles. The first-order chi connectivity index (χ1) is 10.6. The van der Waals surface area contributed by atoms with Crippen molar-refractivity contribution in [1.82, 2.24) is 0 Å². The zero-order valence-corrected chi connectivity index (χ0v) is 11.9. The minimum Gasteiger partial charge on any atom is -0.508 e. The summed E-state index contributed by atoms with van der Waals surface area (Å²) in [6.07, 6.45) is -0.125. The van der Waals surface area contributed by atoms with Gasteiger partial charge in [-0.2, -0.15) is 0 Å². The summed E-state index contributed by atoms with van der Waals surface area (Å²) in [5.41, 5.74) is 1.85. The van der Waals surface area contributed by atoms with Crippen molar-refractivity contribution in [2.75, 3.05) is 0 Å². The Morgan fingerprint density at radius 3 is 2.45 bits per heavy atom. The van der Waals surface area contributed by atoms with Gasteiger partial charge in [-0.25, -0.2) is 4.39 Å². The second-order valence-corrected chi connectivity index (χ2v) is 6.19. The Hall–Kier alpha value is -2.23. The molecule has 1 heterocycles. The number of halogens is 1. The second-order valence-electron chi connectivity index (χ2n) is 6.19. The lowest BCUT2D eigenvalue weighted by Gasteiger charge is -2.36. The van der Waals surface area contributed by atoms with Crippen LogP contribution in [0.15, 0.2) is 42.5 Å². The average molecular weight is 300 g/mol. The van der Waals surface area contributed by atoms with Crippen molar-refractivity contribution >= 4 is 0 Å². The Morgan fingerprint density at radius 2 is 1.68 bits per heavy atom. The fourth-order valence-corrected chi connectivity index (χ4v) is 3.83. The molecule has 4 atom stereocenters. The van der Waals surface area contributed by atoms with Gasteiger partial charge in [0.15, 0.2) is 0 Å². The van der Waals surface area contributed by atoms with Gasteiger partial charge in [0.25, 0.3) is 0 Å². The molecule has 1 aliphatic carbocycles. The topological polar surface area (TPSA) is 49.7 Å². The summed E-state index contributed by atoms with van der Waals surface area (Å²) in [5.74, 6) is 1.22. The lowest BCUT2D eigenvalue weighted by atomic mass is 9.80. The molecule has 1 saturated carbocycles. The number of alkyl halides is 1. The highest BCUT2D eigenvalue weighted by atomic mass is 19.1. The monoisotopic (exact) mass is 300 g/mol. The van der Waals surface area contributed by atoms with Crippen LogP contribution in [0.2, 0.25) is 0 Å². The molecule has 2 aromatic rings. The maximum atomic E-state index is 14.0. The summed E-state index contributed by atoms with van der Waals surface area (Å²) in [6.45, 7) is 0. The third-order valence-corrected chi connectivity index (χ3v) is 4.81. The number of hydrogen-bond donors (Lipinski definition) is 2. The van der Waals surface area contributed by atoms with Crippen molar-refractivity contribution in [1.29, 1.82) is 0 Å². The first-order valence-electron chi connectivity index (χ1n) is 7.54. The van der Waals surface area contributed by atoms with E-state index < -0.39 is 6.17 Å². The van der Waals surface area contributed by atoms with E-state index in [4.69, 9.17) is 4.74 Å². The van der Waals surface area contributed by atoms with Crippen molar-refractivity contribution in [3.63, 3.8) is 0 Å². The van der Waals surface area contributed by atoms with Gasteiger partial charge in [0, 0.05) is 11.5 Å². The fraction of sp³-hybridized carbons (Fsp3) is 0.333. The number of benzene rings is 2. The molecule has 22 heavy (non-hydrogen) atoms. The normalized spacial score (nSPS) is 29.5. The van der Waals surface area contributed by atoms with Crippen LogP contribution in [0.5, 0.6) is 17.2 Å². The molecule has 2 N–H and O–H groups in total. The van der Waals surface area contributed by atoms with Gasteiger partial charge in [-0.3, -0.25) is 0 Å². The van der Waals surface area contributed by atoms with Crippen LogP contribution in [-0.2, 0) is 0 Å². The number of phenols is 2. The van der Waals surface area contributed by atoms with Crippen LogP contribution in [0, 0.1) is 5.92 Å². The van der Waals surface area contributed by atoms with E-state index in [1.165, 1.54) is 0 Å². The number of hydrogen-bond acceptors (Lipinski definition) is 3. The van der Waals surface area contributed by atoms with Crippen molar-refractivity contribution in [2.24, 2.45) is 5.92 Å². The minimum atomic E-state index is -0.841. The molecule has 0 aromatic heterocycles. The first kappa shape index (κ1) is 13.4. The quantitative estimate of drug-likeness (QED) is 0.835. The van der Waals surface area contributed by atoms with Crippen molar-refractivity contribution in [2.45, 2.75) is 31.0 Å².